The minimum absolute atomic E-state index is 0.505. The molecule has 1 heterocycles. The van der Waals surface area contributed by atoms with Gasteiger partial charge in [0.25, 0.3) is 0 Å². The van der Waals surface area contributed by atoms with Crippen LogP contribution in [0.25, 0.3) is 28.6 Å². The Kier molecular flexibility index (Phi) is 5.82. The van der Waals surface area contributed by atoms with Gasteiger partial charge in [-0.05, 0) is 42.0 Å². The molecule has 0 fully saturated rings. The highest BCUT2D eigenvalue weighted by atomic mass is 16.5. The van der Waals surface area contributed by atoms with Crippen molar-refractivity contribution in [3.63, 3.8) is 0 Å². The molecule has 0 N–H and O–H groups in total. The molecular weight excluding hydrogens is 386 g/mol. The van der Waals surface area contributed by atoms with Crippen molar-refractivity contribution < 1.29 is 9.47 Å². The van der Waals surface area contributed by atoms with Gasteiger partial charge < -0.3 is 9.47 Å². The van der Waals surface area contributed by atoms with Crippen LogP contribution < -0.4 is 9.47 Å². The SMILES string of the molecule is COc1ccc(C(C#N)=Cc2cn(-c3ccccc3)nc2-c2ccccc2)cc1OC. The van der Waals surface area contributed by atoms with Crippen molar-refractivity contribution in [1.82, 2.24) is 9.78 Å². The van der Waals surface area contributed by atoms with E-state index in [1.54, 1.807) is 26.4 Å². The molecule has 0 unspecified atom stereocenters. The minimum atomic E-state index is 0.505. The number of nitrogens with zero attached hydrogens (tertiary/aromatic N) is 3. The molecule has 0 bridgehead atoms. The smallest absolute Gasteiger partial charge is 0.161 e. The van der Waals surface area contributed by atoms with E-state index >= 15 is 0 Å². The van der Waals surface area contributed by atoms with Crippen LogP contribution in [0.1, 0.15) is 11.1 Å². The van der Waals surface area contributed by atoms with Gasteiger partial charge in [-0.3, -0.25) is 0 Å². The van der Waals surface area contributed by atoms with E-state index in [9.17, 15) is 5.26 Å². The Morgan fingerprint density at radius 1 is 0.903 bits per heavy atom. The summed E-state index contributed by atoms with van der Waals surface area (Å²) >= 11 is 0. The number of aromatic nitrogens is 2. The molecule has 4 rings (SSSR count). The summed E-state index contributed by atoms with van der Waals surface area (Å²) < 4.78 is 12.5. The number of hydrogen-bond donors (Lipinski definition) is 0. The van der Waals surface area contributed by atoms with Crippen LogP contribution in [0.4, 0.5) is 0 Å². The molecule has 0 aliphatic heterocycles. The highest BCUT2D eigenvalue weighted by molar-refractivity contribution is 5.92. The predicted molar refractivity (Wildman–Crippen MR) is 122 cm³/mol. The molecule has 0 saturated heterocycles. The van der Waals surface area contributed by atoms with Gasteiger partial charge in [0.15, 0.2) is 11.5 Å². The summed E-state index contributed by atoms with van der Waals surface area (Å²) in [4.78, 5) is 0. The fourth-order valence-electron chi connectivity index (χ4n) is 3.37. The molecule has 0 saturated carbocycles. The molecule has 0 aliphatic rings. The molecule has 5 heteroatoms. The van der Waals surface area contributed by atoms with Crippen molar-refractivity contribution in [3.05, 3.63) is 96.2 Å². The molecule has 5 nitrogen and oxygen atoms in total. The van der Waals surface area contributed by atoms with Crippen LogP contribution in [-0.2, 0) is 0 Å². The average molecular weight is 407 g/mol. The molecule has 4 aromatic rings. The lowest BCUT2D eigenvalue weighted by molar-refractivity contribution is 0.355. The Bertz CT molecular complexity index is 1250. The molecule has 0 spiro atoms. The Morgan fingerprint density at radius 2 is 1.58 bits per heavy atom. The Morgan fingerprint density at radius 3 is 2.23 bits per heavy atom. The lowest BCUT2D eigenvalue weighted by atomic mass is 10.0. The van der Waals surface area contributed by atoms with Gasteiger partial charge in [-0.25, -0.2) is 4.68 Å². The normalized spacial score (nSPS) is 11.1. The minimum Gasteiger partial charge on any atom is -0.493 e. The molecular formula is C26H21N3O2. The second-order valence-corrected chi connectivity index (χ2v) is 6.82. The lowest BCUT2D eigenvalue weighted by Gasteiger charge is -2.09. The standard InChI is InChI=1S/C26H21N3O2/c1-30-24-14-13-20(16-25(24)31-2)21(17-27)15-22-18-29(23-11-7-4-8-12-23)28-26(22)19-9-5-3-6-10-19/h3-16,18H,1-2H3. The third-order valence-corrected chi connectivity index (χ3v) is 4.93. The fourth-order valence-corrected chi connectivity index (χ4v) is 3.37. The van der Waals surface area contributed by atoms with E-state index in [1.807, 2.05) is 83.7 Å². The van der Waals surface area contributed by atoms with Crippen molar-refractivity contribution in [3.8, 4) is 34.5 Å². The van der Waals surface area contributed by atoms with Crippen LogP contribution in [0, 0.1) is 11.3 Å². The quantitative estimate of drug-likeness (QED) is 0.389. The molecule has 3 aromatic carbocycles. The van der Waals surface area contributed by atoms with Gasteiger partial charge in [0.05, 0.1) is 37.2 Å². The fraction of sp³-hybridized carbons (Fsp3) is 0.0769. The first kappa shape index (κ1) is 20.0. The highest BCUT2D eigenvalue weighted by Gasteiger charge is 2.14. The second-order valence-electron chi connectivity index (χ2n) is 6.82. The summed E-state index contributed by atoms with van der Waals surface area (Å²) in [7, 11) is 3.16. The third-order valence-electron chi connectivity index (χ3n) is 4.93. The van der Waals surface area contributed by atoms with E-state index in [-0.39, 0.29) is 0 Å². The van der Waals surface area contributed by atoms with Crippen molar-refractivity contribution in [2.24, 2.45) is 0 Å². The van der Waals surface area contributed by atoms with E-state index in [1.165, 1.54) is 0 Å². The van der Waals surface area contributed by atoms with Gasteiger partial charge in [-0.15, -0.1) is 0 Å². The number of benzene rings is 3. The zero-order valence-electron chi connectivity index (χ0n) is 17.3. The number of hydrogen-bond acceptors (Lipinski definition) is 4. The topological polar surface area (TPSA) is 60.1 Å². The number of nitriles is 1. The number of para-hydroxylation sites is 1. The van der Waals surface area contributed by atoms with Gasteiger partial charge in [0, 0.05) is 17.3 Å². The van der Waals surface area contributed by atoms with Crippen molar-refractivity contribution in [2.75, 3.05) is 14.2 Å². The van der Waals surface area contributed by atoms with E-state index in [4.69, 9.17) is 14.6 Å². The largest absolute Gasteiger partial charge is 0.493 e. The van der Waals surface area contributed by atoms with E-state index < -0.39 is 0 Å². The van der Waals surface area contributed by atoms with Crippen molar-refractivity contribution >= 4 is 11.6 Å². The summed E-state index contributed by atoms with van der Waals surface area (Å²) in [6, 6.07) is 27.6. The number of ether oxygens (including phenoxy) is 2. The van der Waals surface area contributed by atoms with Crippen LogP contribution >= 0.6 is 0 Å². The van der Waals surface area contributed by atoms with Crippen LogP contribution in [0.15, 0.2) is 85.1 Å². The van der Waals surface area contributed by atoms with Crippen LogP contribution in [0.5, 0.6) is 11.5 Å². The van der Waals surface area contributed by atoms with Gasteiger partial charge in [-0.2, -0.15) is 10.4 Å². The van der Waals surface area contributed by atoms with Crippen LogP contribution in [-0.4, -0.2) is 24.0 Å². The summed E-state index contributed by atoms with van der Waals surface area (Å²) in [6.45, 7) is 0. The molecule has 0 aliphatic carbocycles. The van der Waals surface area contributed by atoms with E-state index in [0.717, 1.165) is 28.1 Å². The Labute approximate surface area is 181 Å². The van der Waals surface area contributed by atoms with Gasteiger partial charge in [-0.1, -0.05) is 48.5 Å². The second kappa shape index (κ2) is 9.02. The maximum Gasteiger partial charge on any atom is 0.161 e. The number of rotatable bonds is 6. The maximum absolute atomic E-state index is 9.90. The van der Waals surface area contributed by atoms with Crippen LogP contribution in [0.2, 0.25) is 0 Å². The zero-order valence-corrected chi connectivity index (χ0v) is 17.3. The zero-order chi connectivity index (χ0) is 21.6. The summed E-state index contributed by atoms with van der Waals surface area (Å²) in [5.74, 6) is 1.19. The molecule has 1 aromatic heterocycles. The lowest BCUT2D eigenvalue weighted by Crippen LogP contribution is -1.93. The first-order valence-electron chi connectivity index (χ1n) is 9.78. The summed E-state index contributed by atoms with van der Waals surface area (Å²) in [5, 5.41) is 14.7. The van der Waals surface area contributed by atoms with Crippen molar-refractivity contribution in [1.29, 1.82) is 5.26 Å². The van der Waals surface area contributed by atoms with Gasteiger partial charge >= 0.3 is 0 Å². The predicted octanol–water partition coefficient (Wildman–Crippen LogP) is 5.62. The molecule has 31 heavy (non-hydrogen) atoms. The summed E-state index contributed by atoms with van der Waals surface area (Å²) in [6.07, 6.45) is 3.80. The summed E-state index contributed by atoms with van der Waals surface area (Å²) in [5.41, 5.74) is 4.83. The van der Waals surface area contributed by atoms with Gasteiger partial charge in [0.2, 0.25) is 0 Å². The monoisotopic (exact) mass is 407 g/mol. The first-order chi connectivity index (χ1) is 15.2. The average Bonchev–Trinajstić information content (AvgIpc) is 3.27. The van der Waals surface area contributed by atoms with E-state index in [0.29, 0.717) is 17.1 Å². The molecule has 0 amide bonds. The third kappa shape index (κ3) is 4.19. The van der Waals surface area contributed by atoms with Crippen molar-refractivity contribution in [2.45, 2.75) is 0 Å². The highest BCUT2D eigenvalue weighted by Crippen LogP contribution is 2.32. The maximum atomic E-state index is 9.90. The van der Waals surface area contributed by atoms with Crippen LogP contribution in [0.3, 0.4) is 0 Å². The molecule has 0 radical (unpaired) electrons. The van der Waals surface area contributed by atoms with Gasteiger partial charge in [0.1, 0.15) is 0 Å². The molecule has 0 atom stereocenters. The molecule has 152 valence electrons. The number of methoxy groups -OCH3 is 2. The Hall–Kier alpha value is -4.30. The Balaban J connectivity index is 1.85. The number of allylic oxidation sites excluding steroid dienone is 1. The first-order valence-corrected chi connectivity index (χ1v) is 9.78. The van der Waals surface area contributed by atoms with E-state index in [2.05, 4.69) is 6.07 Å².